The lowest BCUT2D eigenvalue weighted by Gasteiger charge is -2.15. The third kappa shape index (κ3) is 3.06. The molecule has 8 heteroatoms. The molecule has 17 heavy (non-hydrogen) atoms. The summed E-state index contributed by atoms with van der Waals surface area (Å²) in [6.45, 7) is -0.280. The number of carbonyl (C=O) groups is 1. The first-order valence-corrected chi connectivity index (χ1v) is 4.39. The fourth-order valence-electron chi connectivity index (χ4n) is 1.25. The number of aldehydes is 1. The summed E-state index contributed by atoms with van der Waals surface area (Å²) in [5, 5.41) is 0. The summed E-state index contributed by atoms with van der Waals surface area (Å²) < 4.78 is 44.7. The summed E-state index contributed by atoms with van der Waals surface area (Å²) in [5.74, 6) is -0.702. The second kappa shape index (κ2) is 5.00. The Morgan fingerprint density at radius 1 is 1.53 bits per heavy atom. The van der Waals surface area contributed by atoms with Crippen molar-refractivity contribution in [3.05, 3.63) is 17.5 Å². The highest BCUT2D eigenvalue weighted by Gasteiger charge is 2.33. The number of alkyl halides is 3. The number of nitrogens with two attached hydrogens (primary N) is 1. The van der Waals surface area contributed by atoms with Crippen LogP contribution in [0, 0.1) is 0 Å². The summed E-state index contributed by atoms with van der Waals surface area (Å²) >= 11 is 0. The van der Waals surface area contributed by atoms with Crippen LogP contribution in [0.3, 0.4) is 0 Å². The number of hydrogen-bond donors (Lipinski definition) is 1. The quantitative estimate of drug-likeness (QED) is 0.814. The summed E-state index contributed by atoms with van der Waals surface area (Å²) in [4.78, 5) is 14.1. The molecule has 5 nitrogen and oxygen atoms in total. The van der Waals surface area contributed by atoms with Crippen LogP contribution in [0.15, 0.2) is 6.20 Å². The number of halogens is 3. The maximum atomic E-state index is 12.1. The van der Waals surface area contributed by atoms with E-state index < -0.39 is 12.1 Å². The van der Waals surface area contributed by atoms with Crippen LogP contribution in [0.4, 0.5) is 13.2 Å². The minimum atomic E-state index is -4.86. The number of ether oxygens (including phenoxy) is 2. The normalized spacial score (nSPS) is 11.1. The third-order valence-corrected chi connectivity index (χ3v) is 1.87. The van der Waals surface area contributed by atoms with E-state index in [4.69, 9.17) is 10.5 Å². The number of pyridine rings is 1. The highest BCUT2D eigenvalue weighted by Crippen LogP contribution is 2.32. The van der Waals surface area contributed by atoms with Gasteiger partial charge in [0.15, 0.2) is 17.8 Å². The second-order valence-electron chi connectivity index (χ2n) is 2.89. The molecule has 0 amide bonds. The molecule has 0 aliphatic rings. The van der Waals surface area contributed by atoms with E-state index in [0.717, 1.165) is 6.20 Å². The number of carbonyl (C=O) groups excluding carboxylic acids is 1. The Morgan fingerprint density at radius 3 is 2.59 bits per heavy atom. The van der Waals surface area contributed by atoms with Crippen molar-refractivity contribution in [2.24, 2.45) is 5.73 Å². The molecule has 0 bridgehead atoms. The lowest BCUT2D eigenvalue weighted by molar-refractivity contribution is -0.275. The van der Waals surface area contributed by atoms with Gasteiger partial charge >= 0.3 is 6.36 Å². The topological polar surface area (TPSA) is 74.4 Å². The predicted octanol–water partition coefficient (Wildman–Crippen LogP) is 1.26. The summed E-state index contributed by atoms with van der Waals surface area (Å²) in [6.07, 6.45) is -3.73. The van der Waals surface area contributed by atoms with Gasteiger partial charge in [-0.05, 0) is 0 Å². The molecule has 0 fully saturated rings. The van der Waals surface area contributed by atoms with Crippen molar-refractivity contribution in [1.82, 2.24) is 4.98 Å². The minimum Gasteiger partial charge on any atom is -0.494 e. The average molecular weight is 250 g/mol. The van der Waals surface area contributed by atoms with Gasteiger partial charge in [-0.3, -0.25) is 4.79 Å². The van der Waals surface area contributed by atoms with Gasteiger partial charge in [0.25, 0.3) is 0 Å². The smallest absolute Gasteiger partial charge is 0.494 e. The minimum absolute atomic E-state index is 0.0677. The number of methoxy groups -OCH3 is 1. The van der Waals surface area contributed by atoms with Gasteiger partial charge < -0.3 is 15.2 Å². The molecule has 1 aromatic rings. The van der Waals surface area contributed by atoms with Crippen LogP contribution in [0.25, 0.3) is 0 Å². The van der Waals surface area contributed by atoms with Gasteiger partial charge in [-0.2, -0.15) is 0 Å². The van der Waals surface area contributed by atoms with Crippen molar-refractivity contribution < 1.29 is 27.4 Å². The number of aromatic nitrogens is 1. The number of hydrogen-bond acceptors (Lipinski definition) is 5. The monoisotopic (exact) mass is 250 g/mol. The van der Waals surface area contributed by atoms with Crippen molar-refractivity contribution in [2.45, 2.75) is 12.9 Å². The summed E-state index contributed by atoms with van der Waals surface area (Å²) in [5.41, 5.74) is 5.09. The molecule has 0 aromatic carbocycles. The maximum absolute atomic E-state index is 12.1. The zero-order valence-electron chi connectivity index (χ0n) is 8.75. The van der Waals surface area contributed by atoms with Gasteiger partial charge in [0.2, 0.25) is 0 Å². The lowest BCUT2D eigenvalue weighted by Crippen LogP contribution is -2.19. The second-order valence-corrected chi connectivity index (χ2v) is 2.89. The first-order valence-electron chi connectivity index (χ1n) is 4.39. The van der Waals surface area contributed by atoms with E-state index >= 15 is 0 Å². The van der Waals surface area contributed by atoms with Gasteiger partial charge in [-0.15, -0.1) is 13.2 Å². The molecular formula is C9H9F3N2O3. The Morgan fingerprint density at radius 2 is 2.18 bits per heavy atom. The van der Waals surface area contributed by atoms with E-state index in [-0.39, 0.29) is 23.6 Å². The molecular weight excluding hydrogens is 241 g/mol. The molecule has 1 heterocycles. The lowest BCUT2D eigenvalue weighted by atomic mass is 10.2. The fraction of sp³-hybridized carbons (Fsp3) is 0.333. The fourth-order valence-corrected chi connectivity index (χ4v) is 1.25. The zero-order valence-corrected chi connectivity index (χ0v) is 8.75. The molecule has 0 aliphatic carbocycles. The molecule has 94 valence electrons. The number of rotatable bonds is 4. The highest BCUT2D eigenvalue weighted by atomic mass is 19.4. The molecule has 0 saturated carbocycles. The molecule has 0 atom stereocenters. The Balaban J connectivity index is 3.28. The van der Waals surface area contributed by atoms with E-state index in [1.54, 1.807) is 0 Å². The molecule has 1 aromatic heterocycles. The zero-order chi connectivity index (χ0) is 13.1. The van der Waals surface area contributed by atoms with Gasteiger partial charge in [-0.1, -0.05) is 0 Å². The summed E-state index contributed by atoms with van der Waals surface area (Å²) in [7, 11) is 1.19. The van der Waals surface area contributed by atoms with Crippen molar-refractivity contribution in [1.29, 1.82) is 0 Å². The van der Waals surface area contributed by atoms with Crippen LogP contribution in [0.5, 0.6) is 11.5 Å². The van der Waals surface area contributed by atoms with Crippen LogP contribution in [-0.4, -0.2) is 24.7 Å². The van der Waals surface area contributed by atoms with Crippen LogP contribution in [0.1, 0.15) is 16.1 Å². The SMILES string of the molecule is COc1c(C=O)ncc(OC(F)(F)F)c1CN. The highest BCUT2D eigenvalue weighted by molar-refractivity contribution is 5.78. The molecule has 0 unspecified atom stereocenters. The van der Waals surface area contributed by atoms with E-state index in [0.29, 0.717) is 6.29 Å². The predicted molar refractivity (Wildman–Crippen MR) is 50.8 cm³/mol. The summed E-state index contributed by atoms with van der Waals surface area (Å²) in [6, 6.07) is 0. The standard InChI is InChI=1S/C9H9F3N2O3/c1-16-8-5(2-13)7(17-9(10,11)12)3-14-6(8)4-15/h3-4H,2,13H2,1H3. The molecule has 0 saturated heterocycles. The van der Waals surface area contributed by atoms with Gasteiger partial charge in [0.05, 0.1) is 18.9 Å². The van der Waals surface area contributed by atoms with Crippen LogP contribution in [-0.2, 0) is 6.54 Å². The molecule has 0 aliphatic heterocycles. The van der Waals surface area contributed by atoms with E-state index in [1.807, 2.05) is 0 Å². The average Bonchev–Trinajstić information content (AvgIpc) is 2.26. The molecule has 0 spiro atoms. The largest absolute Gasteiger partial charge is 0.573 e. The Hall–Kier alpha value is -1.83. The van der Waals surface area contributed by atoms with Gasteiger partial charge in [-0.25, -0.2) is 4.98 Å². The van der Waals surface area contributed by atoms with Crippen molar-refractivity contribution in [2.75, 3.05) is 7.11 Å². The Labute approximate surface area is 94.3 Å². The molecule has 0 radical (unpaired) electrons. The van der Waals surface area contributed by atoms with Crippen LogP contribution < -0.4 is 15.2 Å². The van der Waals surface area contributed by atoms with Crippen LogP contribution >= 0.6 is 0 Å². The van der Waals surface area contributed by atoms with Crippen molar-refractivity contribution >= 4 is 6.29 Å². The Bertz CT molecular complexity index is 421. The van der Waals surface area contributed by atoms with Gasteiger partial charge in [0.1, 0.15) is 5.69 Å². The van der Waals surface area contributed by atoms with Gasteiger partial charge in [0, 0.05) is 6.54 Å². The first-order chi connectivity index (χ1) is 7.92. The molecule has 2 N–H and O–H groups in total. The number of nitrogens with zero attached hydrogens (tertiary/aromatic N) is 1. The molecule has 1 rings (SSSR count). The van der Waals surface area contributed by atoms with E-state index in [2.05, 4.69) is 9.72 Å². The van der Waals surface area contributed by atoms with E-state index in [1.165, 1.54) is 7.11 Å². The van der Waals surface area contributed by atoms with Crippen molar-refractivity contribution in [3.8, 4) is 11.5 Å². The Kier molecular flexibility index (Phi) is 3.89. The van der Waals surface area contributed by atoms with E-state index in [9.17, 15) is 18.0 Å². The van der Waals surface area contributed by atoms with Crippen molar-refractivity contribution in [3.63, 3.8) is 0 Å². The van der Waals surface area contributed by atoms with Crippen LogP contribution in [0.2, 0.25) is 0 Å². The third-order valence-electron chi connectivity index (χ3n) is 1.87. The maximum Gasteiger partial charge on any atom is 0.573 e. The first kappa shape index (κ1) is 13.2.